The molecule has 3 aromatic rings. The second-order valence-corrected chi connectivity index (χ2v) is 10.0. The van der Waals surface area contributed by atoms with E-state index in [4.69, 9.17) is 11.6 Å². The van der Waals surface area contributed by atoms with E-state index in [9.17, 15) is 13.2 Å². The first-order valence-corrected chi connectivity index (χ1v) is 12.8. The van der Waals surface area contributed by atoms with Crippen LogP contribution in [-0.2, 0) is 25.7 Å². The Morgan fingerprint density at radius 2 is 1.32 bits per heavy atom. The molecule has 0 bridgehead atoms. The summed E-state index contributed by atoms with van der Waals surface area (Å²) < 4.78 is 43.0. The van der Waals surface area contributed by atoms with Gasteiger partial charge in [-0.05, 0) is 116 Å². The number of hydrogen-bond acceptors (Lipinski definition) is 0. The molecule has 0 spiro atoms. The number of benzene rings is 3. The standard InChI is InChI=1S/C30H32ClF3/c1-2-20-5-11-24(12-6-20)25-13-7-21(8-14-25)3-4-23-18-28(32)26(29(33)19-23)15-9-22-10-16-27(31)30(34)17-22/h5-6,10-12,16-19,21,25H,2-4,7-9,13-15H2,1H3/t21-,25-. The third-order valence-corrected chi connectivity index (χ3v) is 7.70. The van der Waals surface area contributed by atoms with Crippen LogP contribution in [0.5, 0.6) is 0 Å². The lowest BCUT2D eigenvalue weighted by Crippen LogP contribution is -2.14. The van der Waals surface area contributed by atoms with E-state index in [2.05, 4.69) is 31.2 Å². The predicted molar refractivity (Wildman–Crippen MR) is 134 cm³/mol. The molecule has 1 fully saturated rings. The molecular formula is C30H32ClF3. The lowest BCUT2D eigenvalue weighted by atomic mass is 9.77. The molecule has 0 aromatic heterocycles. The molecule has 34 heavy (non-hydrogen) atoms. The summed E-state index contributed by atoms with van der Waals surface area (Å²) in [5, 5.41) is 0.0459. The maximum Gasteiger partial charge on any atom is 0.142 e. The Labute approximate surface area is 206 Å². The van der Waals surface area contributed by atoms with E-state index in [0.29, 0.717) is 35.8 Å². The Bertz CT molecular complexity index is 1080. The summed E-state index contributed by atoms with van der Waals surface area (Å²) >= 11 is 5.70. The van der Waals surface area contributed by atoms with Gasteiger partial charge in [-0.25, -0.2) is 13.2 Å². The van der Waals surface area contributed by atoms with E-state index in [1.54, 1.807) is 6.07 Å². The SMILES string of the molecule is CCc1ccc([C@H]2CC[C@H](CCc3cc(F)c(CCc4ccc(Cl)c(F)c4)c(F)c3)CC2)cc1. The quantitative estimate of drug-likeness (QED) is 0.299. The molecule has 3 aromatic carbocycles. The fourth-order valence-corrected chi connectivity index (χ4v) is 5.30. The van der Waals surface area contributed by atoms with Crippen molar-refractivity contribution >= 4 is 11.6 Å². The largest absolute Gasteiger partial charge is 0.207 e. The molecule has 1 aliphatic rings. The Morgan fingerprint density at radius 1 is 0.706 bits per heavy atom. The van der Waals surface area contributed by atoms with Crippen LogP contribution in [0.3, 0.4) is 0 Å². The summed E-state index contributed by atoms with van der Waals surface area (Å²) in [6.07, 6.45) is 7.96. The van der Waals surface area contributed by atoms with Gasteiger partial charge in [0.25, 0.3) is 0 Å². The summed E-state index contributed by atoms with van der Waals surface area (Å²) in [6.45, 7) is 2.18. The van der Waals surface area contributed by atoms with Crippen molar-refractivity contribution in [2.24, 2.45) is 5.92 Å². The van der Waals surface area contributed by atoms with Gasteiger partial charge in [0.15, 0.2) is 0 Å². The highest BCUT2D eigenvalue weighted by Gasteiger charge is 2.22. The van der Waals surface area contributed by atoms with Crippen LogP contribution in [0.2, 0.25) is 5.02 Å². The molecular weight excluding hydrogens is 453 g/mol. The fourth-order valence-electron chi connectivity index (χ4n) is 5.18. The predicted octanol–water partition coefficient (Wildman–Crippen LogP) is 9.01. The average Bonchev–Trinajstić information content (AvgIpc) is 2.85. The number of aryl methyl sites for hydroxylation is 3. The minimum atomic E-state index is -0.515. The van der Waals surface area contributed by atoms with Crippen LogP contribution in [0.1, 0.15) is 72.8 Å². The van der Waals surface area contributed by atoms with E-state index >= 15 is 0 Å². The highest BCUT2D eigenvalue weighted by Crippen LogP contribution is 2.37. The van der Waals surface area contributed by atoms with Gasteiger partial charge >= 0.3 is 0 Å². The first kappa shape index (κ1) is 24.9. The van der Waals surface area contributed by atoms with Crippen molar-refractivity contribution in [1.29, 1.82) is 0 Å². The zero-order valence-corrected chi connectivity index (χ0v) is 20.5. The second kappa shape index (κ2) is 11.4. The molecule has 1 aliphatic carbocycles. The van der Waals surface area contributed by atoms with Gasteiger partial charge in [0.2, 0.25) is 0 Å². The molecule has 0 unspecified atom stereocenters. The first-order valence-electron chi connectivity index (χ1n) is 12.4. The van der Waals surface area contributed by atoms with Crippen LogP contribution in [0.25, 0.3) is 0 Å². The normalized spacial score (nSPS) is 18.3. The summed E-state index contributed by atoms with van der Waals surface area (Å²) in [7, 11) is 0. The zero-order valence-electron chi connectivity index (χ0n) is 19.7. The smallest absolute Gasteiger partial charge is 0.142 e. The lowest BCUT2D eigenvalue weighted by Gasteiger charge is -2.29. The van der Waals surface area contributed by atoms with E-state index in [1.807, 2.05) is 0 Å². The molecule has 1 saturated carbocycles. The summed E-state index contributed by atoms with van der Waals surface area (Å²) in [6, 6.07) is 16.5. The molecule has 4 rings (SSSR count). The van der Waals surface area contributed by atoms with E-state index in [0.717, 1.165) is 12.8 Å². The highest BCUT2D eigenvalue weighted by atomic mass is 35.5. The second-order valence-electron chi connectivity index (χ2n) is 9.64. The molecule has 0 heterocycles. The summed E-state index contributed by atoms with van der Waals surface area (Å²) in [4.78, 5) is 0. The van der Waals surface area contributed by atoms with Gasteiger partial charge in [0, 0.05) is 5.56 Å². The third kappa shape index (κ3) is 6.24. The third-order valence-electron chi connectivity index (χ3n) is 7.40. The van der Waals surface area contributed by atoms with Gasteiger partial charge in [-0.3, -0.25) is 0 Å². The molecule has 180 valence electrons. The van der Waals surface area contributed by atoms with Gasteiger partial charge in [-0.2, -0.15) is 0 Å². The lowest BCUT2D eigenvalue weighted by molar-refractivity contribution is 0.310. The monoisotopic (exact) mass is 484 g/mol. The van der Waals surface area contributed by atoms with Crippen LogP contribution < -0.4 is 0 Å². The Balaban J connectivity index is 1.28. The molecule has 0 aliphatic heterocycles. The van der Waals surface area contributed by atoms with Crippen LogP contribution in [0, 0.1) is 23.4 Å². The minimum absolute atomic E-state index is 0.0459. The molecule has 4 heteroatoms. The van der Waals surface area contributed by atoms with E-state index < -0.39 is 17.5 Å². The fraction of sp³-hybridized carbons (Fsp3) is 0.400. The molecule has 0 radical (unpaired) electrons. The van der Waals surface area contributed by atoms with Crippen molar-refractivity contribution < 1.29 is 13.2 Å². The number of rotatable bonds is 8. The van der Waals surface area contributed by atoms with Crippen molar-refractivity contribution in [2.75, 3.05) is 0 Å². The number of hydrogen-bond donors (Lipinski definition) is 0. The maximum atomic E-state index is 14.7. The topological polar surface area (TPSA) is 0 Å². The van der Waals surface area contributed by atoms with Gasteiger partial charge in [0.05, 0.1) is 5.02 Å². The number of halogens is 4. The molecule has 0 amide bonds. The Morgan fingerprint density at radius 3 is 1.94 bits per heavy atom. The summed E-state index contributed by atoms with van der Waals surface area (Å²) in [5.41, 5.74) is 4.27. The van der Waals surface area contributed by atoms with Crippen molar-refractivity contribution in [2.45, 2.75) is 70.6 Å². The molecule has 0 N–H and O–H groups in total. The summed E-state index contributed by atoms with van der Waals surface area (Å²) in [5.74, 6) is -0.298. The Kier molecular flexibility index (Phi) is 8.37. The highest BCUT2D eigenvalue weighted by molar-refractivity contribution is 6.30. The Hall–Kier alpha value is -2.26. The van der Waals surface area contributed by atoms with E-state index in [1.165, 1.54) is 61.1 Å². The minimum Gasteiger partial charge on any atom is -0.207 e. The maximum absolute atomic E-state index is 14.7. The van der Waals surface area contributed by atoms with Gasteiger partial charge < -0.3 is 0 Å². The van der Waals surface area contributed by atoms with Crippen LogP contribution in [-0.4, -0.2) is 0 Å². The van der Waals surface area contributed by atoms with Crippen molar-refractivity contribution in [3.8, 4) is 0 Å². The van der Waals surface area contributed by atoms with Crippen LogP contribution in [0.15, 0.2) is 54.6 Å². The van der Waals surface area contributed by atoms with E-state index in [-0.39, 0.29) is 17.0 Å². The molecule has 0 atom stereocenters. The van der Waals surface area contributed by atoms with Gasteiger partial charge in [-0.1, -0.05) is 48.9 Å². The first-order chi connectivity index (χ1) is 16.4. The molecule has 0 saturated heterocycles. The zero-order chi connectivity index (χ0) is 24.1. The van der Waals surface area contributed by atoms with Crippen molar-refractivity contribution in [3.63, 3.8) is 0 Å². The van der Waals surface area contributed by atoms with Crippen molar-refractivity contribution in [1.82, 2.24) is 0 Å². The average molecular weight is 485 g/mol. The van der Waals surface area contributed by atoms with Gasteiger partial charge in [0.1, 0.15) is 17.5 Å². The van der Waals surface area contributed by atoms with Crippen molar-refractivity contribution in [3.05, 3.63) is 105 Å². The van der Waals surface area contributed by atoms with Gasteiger partial charge in [-0.15, -0.1) is 0 Å². The molecule has 0 nitrogen and oxygen atoms in total. The van der Waals surface area contributed by atoms with Crippen LogP contribution >= 0.6 is 11.6 Å². The van der Waals surface area contributed by atoms with Crippen LogP contribution in [0.4, 0.5) is 13.2 Å².